The van der Waals surface area contributed by atoms with E-state index in [0.29, 0.717) is 11.7 Å². The zero-order chi connectivity index (χ0) is 27.7. The second-order valence-electron chi connectivity index (χ2n) is 10.9. The van der Waals surface area contributed by atoms with Crippen molar-refractivity contribution >= 4 is 33.0 Å². The molecule has 1 aliphatic carbocycles. The first-order valence-electron chi connectivity index (χ1n) is 13.7. The second kappa shape index (κ2) is 11.2. The molecule has 2 aliphatic rings. The van der Waals surface area contributed by atoms with Gasteiger partial charge in [0.2, 0.25) is 0 Å². The van der Waals surface area contributed by atoms with Crippen LogP contribution in [0.4, 0.5) is 5.82 Å². The van der Waals surface area contributed by atoms with Gasteiger partial charge >= 0.3 is 10.2 Å². The van der Waals surface area contributed by atoms with Crippen molar-refractivity contribution in [3.8, 4) is 11.1 Å². The van der Waals surface area contributed by atoms with E-state index >= 15 is 0 Å². The summed E-state index contributed by atoms with van der Waals surface area (Å²) in [4.78, 5) is 27.2. The Morgan fingerprint density at radius 3 is 2.38 bits per heavy atom. The molecule has 0 bridgehead atoms. The first kappa shape index (κ1) is 27.5. The van der Waals surface area contributed by atoms with E-state index in [4.69, 9.17) is 4.98 Å². The number of aromatic nitrogens is 4. The lowest BCUT2D eigenvalue weighted by atomic mass is 9.95. The van der Waals surface area contributed by atoms with Gasteiger partial charge in [0.25, 0.3) is 5.91 Å². The number of anilines is 1. The number of carbonyl (C=O) groups is 1. The van der Waals surface area contributed by atoms with E-state index in [1.807, 2.05) is 23.0 Å². The van der Waals surface area contributed by atoms with Crippen LogP contribution in [-0.4, -0.2) is 89.6 Å². The van der Waals surface area contributed by atoms with E-state index in [1.54, 1.807) is 12.3 Å². The number of nitrogens with one attached hydrogen (secondary N) is 1. The third-order valence-corrected chi connectivity index (χ3v) is 9.25. The molecule has 1 amide bonds. The second-order valence-corrected chi connectivity index (χ2v) is 12.8. The van der Waals surface area contributed by atoms with Gasteiger partial charge in [-0.1, -0.05) is 19.3 Å². The third-order valence-electron chi connectivity index (χ3n) is 7.85. The van der Waals surface area contributed by atoms with Crippen molar-refractivity contribution in [3.05, 3.63) is 36.3 Å². The van der Waals surface area contributed by atoms with Crippen LogP contribution in [0.5, 0.6) is 0 Å². The highest BCUT2D eigenvalue weighted by Gasteiger charge is 2.25. The molecule has 1 aliphatic heterocycles. The van der Waals surface area contributed by atoms with Crippen molar-refractivity contribution in [2.75, 3.05) is 45.2 Å². The molecule has 0 aromatic carbocycles. The summed E-state index contributed by atoms with van der Waals surface area (Å²) in [6.45, 7) is 8.28. The summed E-state index contributed by atoms with van der Waals surface area (Å²) in [5.41, 5.74) is 2.17. The molecular formula is C27H38N8O3S. The average molecular weight is 555 g/mol. The lowest BCUT2D eigenvalue weighted by Gasteiger charge is -2.37. The predicted octanol–water partition coefficient (Wildman–Crippen LogP) is 3.07. The molecule has 1 saturated carbocycles. The van der Waals surface area contributed by atoms with Gasteiger partial charge in [-0.2, -0.15) is 17.8 Å². The van der Waals surface area contributed by atoms with E-state index in [-0.39, 0.29) is 11.7 Å². The maximum Gasteiger partial charge on any atom is 0.303 e. The van der Waals surface area contributed by atoms with Crippen LogP contribution in [0.3, 0.4) is 0 Å². The summed E-state index contributed by atoms with van der Waals surface area (Å²) in [7, 11) is -1.24. The lowest BCUT2D eigenvalue weighted by molar-refractivity contribution is 0.0975. The molecule has 1 saturated heterocycles. The number of hydrogen-bond donors (Lipinski definition) is 1. The minimum atomic E-state index is -3.97. The molecule has 0 radical (unpaired) electrons. The Hall–Kier alpha value is -3.09. The minimum absolute atomic E-state index is 0.0226. The molecule has 4 heterocycles. The lowest BCUT2D eigenvalue weighted by Crippen LogP contribution is -2.49. The van der Waals surface area contributed by atoms with Crippen molar-refractivity contribution in [1.82, 2.24) is 33.7 Å². The highest BCUT2D eigenvalue weighted by molar-refractivity contribution is 7.87. The molecule has 3 aromatic heterocycles. The fourth-order valence-corrected chi connectivity index (χ4v) is 5.95. The van der Waals surface area contributed by atoms with Crippen molar-refractivity contribution < 1.29 is 13.2 Å². The standard InChI is InChI=1S/C27H38N8O3S/c1-19(2)33-12-14-34(15-13-33)25-11-10-20(17-28-25)22-16-24(27(36)31-39(37,38)32(3)4)30-26-23(22)18-29-35(26)21-8-6-5-7-9-21/h10-11,16-19,21H,5-9,12-15H2,1-4H3,(H,31,36). The predicted molar refractivity (Wildman–Crippen MR) is 152 cm³/mol. The van der Waals surface area contributed by atoms with Crippen LogP contribution in [0.25, 0.3) is 22.2 Å². The van der Waals surface area contributed by atoms with Gasteiger partial charge in [-0.25, -0.2) is 19.4 Å². The summed E-state index contributed by atoms with van der Waals surface area (Å²) in [6.07, 6.45) is 9.06. The summed E-state index contributed by atoms with van der Waals surface area (Å²) in [6, 6.07) is 6.38. The van der Waals surface area contributed by atoms with E-state index < -0.39 is 16.1 Å². The van der Waals surface area contributed by atoms with Crippen LogP contribution in [0.15, 0.2) is 30.6 Å². The first-order chi connectivity index (χ1) is 18.6. The number of fused-ring (bicyclic) bond motifs is 1. The fourth-order valence-electron chi connectivity index (χ4n) is 5.43. The number of piperazine rings is 1. The summed E-state index contributed by atoms with van der Waals surface area (Å²) in [5, 5.41) is 5.50. The largest absolute Gasteiger partial charge is 0.354 e. The molecule has 210 valence electrons. The van der Waals surface area contributed by atoms with E-state index in [0.717, 1.165) is 78.5 Å². The van der Waals surface area contributed by atoms with Crippen LogP contribution in [0, 0.1) is 0 Å². The normalized spacial score (nSPS) is 17.8. The van der Waals surface area contributed by atoms with E-state index in [1.165, 1.54) is 20.5 Å². The molecule has 3 aromatic rings. The highest BCUT2D eigenvalue weighted by Crippen LogP contribution is 2.34. The first-order valence-corrected chi connectivity index (χ1v) is 15.2. The molecule has 0 atom stereocenters. The van der Waals surface area contributed by atoms with Gasteiger partial charge in [-0.15, -0.1) is 0 Å². The van der Waals surface area contributed by atoms with Gasteiger partial charge < -0.3 is 4.90 Å². The number of nitrogens with zero attached hydrogens (tertiary/aromatic N) is 7. The summed E-state index contributed by atoms with van der Waals surface area (Å²) in [5.74, 6) is 0.135. The van der Waals surface area contributed by atoms with Gasteiger partial charge in [-0.05, 0) is 50.5 Å². The molecule has 11 nitrogen and oxygen atoms in total. The molecular weight excluding hydrogens is 516 g/mol. The maximum atomic E-state index is 13.1. The van der Waals surface area contributed by atoms with E-state index in [9.17, 15) is 13.2 Å². The van der Waals surface area contributed by atoms with Gasteiger partial charge in [0.15, 0.2) is 5.65 Å². The molecule has 12 heteroatoms. The third kappa shape index (κ3) is 5.78. The quantitative estimate of drug-likeness (QED) is 0.474. The van der Waals surface area contributed by atoms with Crippen LogP contribution < -0.4 is 9.62 Å². The van der Waals surface area contributed by atoms with Crippen molar-refractivity contribution in [2.45, 2.75) is 58.0 Å². The molecule has 1 N–H and O–H groups in total. The smallest absolute Gasteiger partial charge is 0.303 e. The Morgan fingerprint density at radius 1 is 1.05 bits per heavy atom. The highest BCUT2D eigenvalue weighted by atomic mass is 32.2. The van der Waals surface area contributed by atoms with Crippen LogP contribution in [-0.2, 0) is 10.2 Å². The monoisotopic (exact) mass is 554 g/mol. The Balaban J connectivity index is 1.50. The van der Waals surface area contributed by atoms with Gasteiger partial charge in [0.1, 0.15) is 11.5 Å². The zero-order valence-electron chi connectivity index (χ0n) is 23.2. The minimum Gasteiger partial charge on any atom is -0.354 e. The maximum absolute atomic E-state index is 13.1. The topological polar surface area (TPSA) is 117 Å². The van der Waals surface area contributed by atoms with Crippen LogP contribution in [0.2, 0.25) is 0 Å². The van der Waals surface area contributed by atoms with Gasteiger partial charge in [0, 0.05) is 63.5 Å². The summed E-state index contributed by atoms with van der Waals surface area (Å²) >= 11 is 0. The molecule has 39 heavy (non-hydrogen) atoms. The molecule has 0 spiro atoms. The number of hydrogen-bond acceptors (Lipinski definition) is 8. The SMILES string of the molecule is CC(C)N1CCN(c2ccc(-c3cc(C(=O)NS(=O)(=O)N(C)C)nc4c3cnn4C3CCCCC3)cn2)CC1. The van der Waals surface area contributed by atoms with Crippen molar-refractivity contribution in [3.63, 3.8) is 0 Å². The number of pyridine rings is 2. The van der Waals surface area contributed by atoms with Crippen LogP contribution in [0.1, 0.15) is 62.5 Å². The number of amides is 1. The molecule has 2 fully saturated rings. The Kier molecular flexibility index (Phi) is 7.88. The Labute approximate surface area is 230 Å². The fraction of sp³-hybridized carbons (Fsp3) is 0.556. The van der Waals surface area contributed by atoms with Gasteiger partial charge in [-0.3, -0.25) is 9.69 Å². The average Bonchev–Trinajstić information content (AvgIpc) is 3.37. The Bertz CT molecular complexity index is 1420. The zero-order valence-corrected chi connectivity index (χ0v) is 24.0. The molecule has 0 unspecified atom stereocenters. The molecule has 5 rings (SSSR count). The Morgan fingerprint density at radius 2 is 1.77 bits per heavy atom. The number of rotatable bonds is 7. The van der Waals surface area contributed by atoms with Crippen molar-refractivity contribution in [2.24, 2.45) is 0 Å². The van der Waals surface area contributed by atoms with E-state index in [2.05, 4.69) is 38.5 Å². The summed E-state index contributed by atoms with van der Waals surface area (Å²) < 4.78 is 29.7. The van der Waals surface area contributed by atoms with Crippen molar-refractivity contribution in [1.29, 1.82) is 0 Å². The van der Waals surface area contributed by atoms with Crippen LogP contribution >= 0.6 is 0 Å². The number of carbonyl (C=O) groups excluding carboxylic acids is 1. The van der Waals surface area contributed by atoms with Gasteiger partial charge in [0.05, 0.1) is 12.2 Å².